The second-order valence-electron chi connectivity index (χ2n) is 4.37. The van der Waals surface area contributed by atoms with Gasteiger partial charge in [-0.25, -0.2) is 8.78 Å². The Balaban J connectivity index is 2.21. The maximum absolute atomic E-state index is 13.2. The molecular weight excluding hydrogens is 348 g/mol. The Kier molecular flexibility index (Phi) is 4.55. The number of carbonyl (C=O) groups is 1. The van der Waals surface area contributed by atoms with Crippen molar-refractivity contribution in [3.8, 4) is 0 Å². The molecule has 106 valence electrons. The molecule has 2 nitrogen and oxygen atoms in total. The third-order valence-corrected chi connectivity index (χ3v) is 4.72. The molecule has 0 saturated carbocycles. The standard InChI is InChI=1S/C14H12BrF2NOS/c1-8(9-3-4-10(16)11(17)7-9)18(2)14(19)12-5-6-13(15)20-12/h3-8H,1-2H3. The topological polar surface area (TPSA) is 20.3 Å². The predicted octanol–water partition coefficient (Wildman–Crippen LogP) is 4.62. The van der Waals surface area contributed by atoms with E-state index < -0.39 is 11.6 Å². The molecule has 0 aliphatic carbocycles. The fraction of sp³-hybridized carbons (Fsp3) is 0.214. The molecule has 1 heterocycles. The summed E-state index contributed by atoms with van der Waals surface area (Å²) in [6.07, 6.45) is 0. The summed E-state index contributed by atoms with van der Waals surface area (Å²) in [6.45, 7) is 1.77. The Morgan fingerprint density at radius 3 is 2.50 bits per heavy atom. The Hall–Kier alpha value is -1.27. The number of nitrogens with zero attached hydrogens (tertiary/aromatic N) is 1. The van der Waals surface area contributed by atoms with Gasteiger partial charge in [-0.05, 0) is 52.7 Å². The van der Waals surface area contributed by atoms with Crippen LogP contribution in [0.5, 0.6) is 0 Å². The van der Waals surface area contributed by atoms with E-state index >= 15 is 0 Å². The number of halogens is 3. The van der Waals surface area contributed by atoms with Crippen molar-refractivity contribution in [2.45, 2.75) is 13.0 Å². The van der Waals surface area contributed by atoms with Crippen molar-refractivity contribution in [2.24, 2.45) is 0 Å². The number of amides is 1. The molecule has 20 heavy (non-hydrogen) atoms. The summed E-state index contributed by atoms with van der Waals surface area (Å²) in [5, 5.41) is 0. The van der Waals surface area contributed by atoms with Crippen LogP contribution < -0.4 is 0 Å². The van der Waals surface area contributed by atoms with Gasteiger partial charge in [0.15, 0.2) is 11.6 Å². The molecule has 6 heteroatoms. The number of hydrogen-bond acceptors (Lipinski definition) is 2. The average molecular weight is 360 g/mol. The summed E-state index contributed by atoms with van der Waals surface area (Å²) < 4.78 is 27.0. The summed E-state index contributed by atoms with van der Waals surface area (Å²) in [7, 11) is 1.64. The molecule has 0 aliphatic rings. The minimum absolute atomic E-state index is 0.155. The van der Waals surface area contributed by atoms with Gasteiger partial charge in [-0.15, -0.1) is 11.3 Å². The fourth-order valence-electron chi connectivity index (χ4n) is 1.77. The molecule has 1 aromatic heterocycles. The third kappa shape index (κ3) is 3.07. The van der Waals surface area contributed by atoms with E-state index in [0.717, 1.165) is 15.9 Å². The first-order chi connectivity index (χ1) is 9.40. The van der Waals surface area contributed by atoms with E-state index in [1.807, 2.05) is 0 Å². The van der Waals surface area contributed by atoms with Gasteiger partial charge in [0, 0.05) is 7.05 Å². The second kappa shape index (κ2) is 6.01. The van der Waals surface area contributed by atoms with Crippen LogP contribution in [0.25, 0.3) is 0 Å². The van der Waals surface area contributed by atoms with Gasteiger partial charge in [-0.2, -0.15) is 0 Å². The molecule has 0 N–H and O–H groups in total. The normalized spacial score (nSPS) is 12.2. The first-order valence-electron chi connectivity index (χ1n) is 5.87. The minimum Gasteiger partial charge on any atom is -0.334 e. The molecule has 0 bridgehead atoms. The Morgan fingerprint density at radius 1 is 1.25 bits per heavy atom. The highest BCUT2D eigenvalue weighted by Gasteiger charge is 2.21. The molecule has 0 saturated heterocycles. The van der Waals surface area contributed by atoms with Gasteiger partial charge in [0.2, 0.25) is 0 Å². The molecule has 0 radical (unpaired) electrons. The predicted molar refractivity (Wildman–Crippen MR) is 78.9 cm³/mol. The van der Waals surface area contributed by atoms with Crippen molar-refractivity contribution >= 4 is 33.2 Å². The van der Waals surface area contributed by atoms with Crippen molar-refractivity contribution in [1.29, 1.82) is 0 Å². The molecule has 0 spiro atoms. The van der Waals surface area contributed by atoms with Crippen LogP contribution in [0, 0.1) is 11.6 Å². The van der Waals surface area contributed by atoms with E-state index in [-0.39, 0.29) is 11.9 Å². The average Bonchev–Trinajstić information content (AvgIpc) is 2.86. The Labute approximate surface area is 128 Å². The highest BCUT2D eigenvalue weighted by atomic mass is 79.9. The van der Waals surface area contributed by atoms with E-state index in [9.17, 15) is 13.6 Å². The van der Waals surface area contributed by atoms with Crippen molar-refractivity contribution in [2.75, 3.05) is 7.05 Å². The van der Waals surface area contributed by atoms with Crippen LogP contribution in [0.2, 0.25) is 0 Å². The molecular formula is C14H12BrF2NOS. The van der Waals surface area contributed by atoms with Crippen LogP contribution in [0.15, 0.2) is 34.1 Å². The zero-order valence-corrected chi connectivity index (χ0v) is 13.3. The first kappa shape index (κ1) is 15.1. The molecule has 0 aliphatic heterocycles. The lowest BCUT2D eigenvalue weighted by Gasteiger charge is -2.25. The van der Waals surface area contributed by atoms with Crippen LogP contribution >= 0.6 is 27.3 Å². The van der Waals surface area contributed by atoms with Crippen LogP contribution in [0.3, 0.4) is 0 Å². The third-order valence-electron chi connectivity index (χ3n) is 3.11. The smallest absolute Gasteiger partial charge is 0.264 e. The van der Waals surface area contributed by atoms with E-state index in [0.29, 0.717) is 10.4 Å². The first-order valence-corrected chi connectivity index (χ1v) is 7.48. The van der Waals surface area contributed by atoms with Crippen LogP contribution in [-0.2, 0) is 0 Å². The number of hydrogen-bond donors (Lipinski definition) is 0. The van der Waals surface area contributed by atoms with Gasteiger partial charge < -0.3 is 4.90 Å². The lowest BCUT2D eigenvalue weighted by atomic mass is 10.1. The van der Waals surface area contributed by atoms with E-state index in [1.54, 1.807) is 26.1 Å². The second-order valence-corrected chi connectivity index (χ2v) is 6.83. The van der Waals surface area contributed by atoms with Crippen molar-refractivity contribution in [1.82, 2.24) is 4.90 Å². The summed E-state index contributed by atoms with van der Waals surface area (Å²) in [5.74, 6) is -1.95. The minimum atomic E-state index is -0.908. The van der Waals surface area contributed by atoms with Crippen LogP contribution in [0.1, 0.15) is 28.2 Å². The molecule has 1 amide bonds. The lowest BCUT2D eigenvalue weighted by molar-refractivity contribution is 0.0747. The molecule has 1 unspecified atom stereocenters. The molecule has 1 aromatic carbocycles. The van der Waals surface area contributed by atoms with Crippen molar-refractivity contribution in [3.63, 3.8) is 0 Å². The fourth-order valence-corrected chi connectivity index (χ4v) is 3.14. The van der Waals surface area contributed by atoms with Gasteiger partial charge in [-0.1, -0.05) is 6.07 Å². The lowest BCUT2D eigenvalue weighted by Crippen LogP contribution is -2.29. The summed E-state index contributed by atoms with van der Waals surface area (Å²) in [4.78, 5) is 14.4. The van der Waals surface area contributed by atoms with Gasteiger partial charge in [0.1, 0.15) is 0 Å². The Morgan fingerprint density at radius 2 is 1.95 bits per heavy atom. The number of carbonyl (C=O) groups excluding carboxylic acids is 1. The zero-order valence-electron chi connectivity index (χ0n) is 10.9. The molecule has 2 rings (SSSR count). The molecule has 0 fully saturated rings. The molecule has 2 aromatic rings. The summed E-state index contributed by atoms with van der Waals surface area (Å²) >= 11 is 4.64. The number of benzene rings is 1. The van der Waals surface area contributed by atoms with Gasteiger partial charge >= 0.3 is 0 Å². The van der Waals surface area contributed by atoms with Gasteiger partial charge in [-0.3, -0.25) is 4.79 Å². The summed E-state index contributed by atoms with van der Waals surface area (Å²) in [6, 6.07) is 6.85. The largest absolute Gasteiger partial charge is 0.334 e. The molecule has 1 atom stereocenters. The number of thiophene rings is 1. The Bertz CT molecular complexity index is 644. The van der Waals surface area contributed by atoms with Crippen molar-refractivity contribution < 1.29 is 13.6 Å². The zero-order chi connectivity index (χ0) is 14.9. The maximum atomic E-state index is 13.2. The van der Waals surface area contributed by atoms with E-state index in [2.05, 4.69) is 15.9 Å². The quantitative estimate of drug-likeness (QED) is 0.782. The van der Waals surface area contributed by atoms with Crippen LogP contribution in [-0.4, -0.2) is 17.9 Å². The highest BCUT2D eigenvalue weighted by molar-refractivity contribution is 9.11. The van der Waals surface area contributed by atoms with Crippen LogP contribution in [0.4, 0.5) is 8.78 Å². The van der Waals surface area contributed by atoms with Crippen molar-refractivity contribution in [3.05, 3.63) is 56.2 Å². The van der Waals surface area contributed by atoms with E-state index in [4.69, 9.17) is 0 Å². The number of rotatable bonds is 3. The monoisotopic (exact) mass is 359 g/mol. The SMILES string of the molecule is CC(c1ccc(F)c(F)c1)N(C)C(=O)c1ccc(Br)s1. The highest BCUT2D eigenvalue weighted by Crippen LogP contribution is 2.27. The van der Waals surface area contributed by atoms with E-state index in [1.165, 1.54) is 22.3 Å². The summed E-state index contributed by atoms with van der Waals surface area (Å²) in [5.41, 5.74) is 0.551. The maximum Gasteiger partial charge on any atom is 0.264 e. The van der Waals surface area contributed by atoms with Gasteiger partial charge in [0.05, 0.1) is 14.7 Å². The van der Waals surface area contributed by atoms with Gasteiger partial charge in [0.25, 0.3) is 5.91 Å².